The smallest absolute Gasteiger partial charge is 0.297 e. The third kappa shape index (κ3) is 6.19. The van der Waals surface area contributed by atoms with E-state index in [0.717, 1.165) is 5.56 Å². The van der Waals surface area contributed by atoms with Crippen LogP contribution in [0.25, 0.3) is 10.2 Å². The number of ether oxygens (including phenoxy) is 2. The zero-order valence-corrected chi connectivity index (χ0v) is 20.7. The van der Waals surface area contributed by atoms with Crippen molar-refractivity contribution in [1.29, 1.82) is 0 Å². The van der Waals surface area contributed by atoms with Crippen LogP contribution < -0.4 is 9.47 Å². The molecule has 0 aliphatic rings. The lowest BCUT2D eigenvalue weighted by atomic mass is 10.1. The summed E-state index contributed by atoms with van der Waals surface area (Å²) < 4.78 is 42.6. The number of hydrogen-bond acceptors (Lipinski definition) is 8. The first-order valence-electron chi connectivity index (χ1n) is 10.3. The minimum absolute atomic E-state index is 0.0377. The van der Waals surface area contributed by atoms with Gasteiger partial charge in [-0.3, -0.25) is 4.18 Å². The molecule has 0 saturated carbocycles. The molecule has 32 heavy (non-hydrogen) atoms. The van der Waals surface area contributed by atoms with E-state index >= 15 is 0 Å². The van der Waals surface area contributed by atoms with Crippen molar-refractivity contribution in [3.63, 3.8) is 0 Å². The molecule has 3 rings (SSSR count). The van der Waals surface area contributed by atoms with E-state index in [2.05, 4.69) is 4.98 Å². The second-order valence-corrected chi connectivity index (χ2v) is 11.4. The minimum Gasteiger partial charge on any atom is -0.488 e. The van der Waals surface area contributed by atoms with Crippen molar-refractivity contribution in [2.45, 2.75) is 64.2 Å². The van der Waals surface area contributed by atoms with E-state index in [9.17, 15) is 13.5 Å². The van der Waals surface area contributed by atoms with Gasteiger partial charge < -0.3 is 14.6 Å². The fourth-order valence-electron chi connectivity index (χ4n) is 2.94. The summed E-state index contributed by atoms with van der Waals surface area (Å²) in [4.78, 5) is 4.54. The number of aryl methyl sites for hydroxylation is 1. The van der Waals surface area contributed by atoms with Crippen molar-refractivity contribution >= 4 is 31.7 Å². The fraction of sp³-hybridized carbons (Fsp3) is 0.435. The Bertz CT molecular complexity index is 1180. The number of aliphatic hydroxyl groups excluding tert-OH is 1. The Kier molecular flexibility index (Phi) is 7.14. The van der Waals surface area contributed by atoms with E-state index in [0.29, 0.717) is 26.7 Å². The van der Waals surface area contributed by atoms with Crippen LogP contribution in [0.4, 0.5) is 0 Å². The van der Waals surface area contributed by atoms with E-state index in [1.165, 1.54) is 23.5 Å². The lowest BCUT2D eigenvalue weighted by Gasteiger charge is -2.22. The van der Waals surface area contributed by atoms with Crippen LogP contribution in [0.3, 0.4) is 0 Å². The van der Waals surface area contributed by atoms with Gasteiger partial charge in [-0.15, -0.1) is 0 Å². The molecule has 0 radical (unpaired) electrons. The number of fused-ring (bicyclic) bond motifs is 1. The Balaban J connectivity index is 1.91. The highest BCUT2D eigenvalue weighted by atomic mass is 32.2. The van der Waals surface area contributed by atoms with Gasteiger partial charge in [0.15, 0.2) is 0 Å². The summed E-state index contributed by atoms with van der Waals surface area (Å²) in [5.74, 6) is 0.516. The largest absolute Gasteiger partial charge is 0.488 e. The number of nitrogens with zero attached hydrogens (tertiary/aromatic N) is 1. The Hall–Kier alpha value is -2.20. The lowest BCUT2D eigenvalue weighted by molar-refractivity contribution is 0.110. The second kappa shape index (κ2) is 9.35. The fourth-order valence-corrected chi connectivity index (χ4v) is 4.93. The first kappa shape index (κ1) is 24.4. The molecule has 1 atom stereocenters. The zero-order chi connectivity index (χ0) is 23.7. The standard InChI is InChI=1S/C23H29NO6S2/c1-14(2)29-22-24-19-12-16(30-23(4,5)6)11-18(21(19)31-22)20(25)13-28-32(26,27)17-9-7-15(3)8-10-17/h7-12,14,20,25H,13H2,1-6H3/t20-/m1/s1. The summed E-state index contributed by atoms with van der Waals surface area (Å²) in [6.45, 7) is 11.0. The van der Waals surface area contributed by atoms with Gasteiger partial charge in [0.05, 0.1) is 27.8 Å². The van der Waals surface area contributed by atoms with Crippen LogP contribution in [-0.2, 0) is 14.3 Å². The molecule has 3 aromatic rings. The van der Waals surface area contributed by atoms with Gasteiger partial charge in [0.1, 0.15) is 17.5 Å². The van der Waals surface area contributed by atoms with Crippen molar-refractivity contribution in [1.82, 2.24) is 4.98 Å². The highest BCUT2D eigenvalue weighted by Gasteiger charge is 2.23. The maximum absolute atomic E-state index is 12.5. The molecule has 0 amide bonds. The van der Waals surface area contributed by atoms with Crippen LogP contribution in [0, 0.1) is 6.92 Å². The molecule has 0 saturated heterocycles. The predicted octanol–water partition coefficient (Wildman–Crippen LogP) is 5.01. The number of hydrogen-bond donors (Lipinski definition) is 1. The van der Waals surface area contributed by atoms with Crippen molar-refractivity contribution in [2.75, 3.05) is 6.61 Å². The normalized spacial score (nSPS) is 13.5. The van der Waals surface area contributed by atoms with Gasteiger partial charge in [0.2, 0.25) is 0 Å². The highest BCUT2D eigenvalue weighted by Crippen LogP contribution is 2.38. The number of benzene rings is 2. The van der Waals surface area contributed by atoms with Crippen LogP contribution >= 0.6 is 11.3 Å². The molecule has 0 aliphatic heterocycles. The van der Waals surface area contributed by atoms with Crippen LogP contribution in [0.15, 0.2) is 41.3 Å². The average Bonchev–Trinajstić information content (AvgIpc) is 3.06. The third-order valence-electron chi connectivity index (χ3n) is 4.28. The molecule has 1 aromatic heterocycles. The third-order valence-corrected chi connectivity index (χ3v) is 6.59. The van der Waals surface area contributed by atoms with E-state index in [4.69, 9.17) is 13.7 Å². The minimum atomic E-state index is -4.01. The average molecular weight is 480 g/mol. The summed E-state index contributed by atoms with van der Waals surface area (Å²) in [5, 5.41) is 11.3. The molecule has 1 N–H and O–H groups in total. The van der Waals surface area contributed by atoms with Crippen LogP contribution in [0.2, 0.25) is 0 Å². The molecular formula is C23H29NO6S2. The van der Waals surface area contributed by atoms with E-state index < -0.39 is 28.4 Å². The van der Waals surface area contributed by atoms with Gasteiger partial charge >= 0.3 is 0 Å². The summed E-state index contributed by atoms with van der Waals surface area (Å²) >= 11 is 1.28. The molecule has 0 spiro atoms. The molecule has 174 valence electrons. The molecule has 7 nitrogen and oxygen atoms in total. The van der Waals surface area contributed by atoms with Crippen LogP contribution in [-0.4, -0.2) is 36.8 Å². The topological polar surface area (TPSA) is 95.0 Å². The van der Waals surface area contributed by atoms with Gasteiger partial charge in [-0.05, 0) is 59.7 Å². The van der Waals surface area contributed by atoms with E-state index in [1.54, 1.807) is 24.3 Å². The lowest BCUT2D eigenvalue weighted by Crippen LogP contribution is -2.23. The predicted molar refractivity (Wildman–Crippen MR) is 125 cm³/mol. The zero-order valence-electron chi connectivity index (χ0n) is 19.1. The maximum atomic E-state index is 12.5. The molecule has 1 heterocycles. The monoisotopic (exact) mass is 479 g/mol. The van der Waals surface area contributed by atoms with Crippen LogP contribution in [0.1, 0.15) is 51.8 Å². The van der Waals surface area contributed by atoms with Gasteiger partial charge in [0, 0.05) is 11.6 Å². The first-order chi connectivity index (χ1) is 14.8. The van der Waals surface area contributed by atoms with E-state index in [1.807, 2.05) is 41.5 Å². The van der Waals surface area contributed by atoms with Gasteiger partial charge in [0.25, 0.3) is 15.3 Å². The number of aliphatic hydroxyl groups is 1. The SMILES string of the molecule is Cc1ccc(S(=O)(=O)OC[C@@H](O)c2cc(OC(C)(C)C)cc3nc(OC(C)C)sc23)cc1. The number of thiazole rings is 1. The molecular weight excluding hydrogens is 450 g/mol. The van der Waals surface area contributed by atoms with Crippen molar-refractivity contribution < 1.29 is 27.2 Å². The summed E-state index contributed by atoms with van der Waals surface area (Å²) in [6.07, 6.45) is -1.27. The van der Waals surface area contributed by atoms with Gasteiger partial charge in [-0.25, -0.2) is 4.98 Å². The highest BCUT2D eigenvalue weighted by molar-refractivity contribution is 7.86. The first-order valence-corrected chi connectivity index (χ1v) is 12.5. The van der Waals surface area contributed by atoms with Crippen molar-refractivity contribution in [3.05, 3.63) is 47.5 Å². The summed E-state index contributed by atoms with van der Waals surface area (Å²) in [5.41, 5.74) is 1.54. The van der Waals surface area contributed by atoms with Crippen molar-refractivity contribution in [3.8, 4) is 10.9 Å². The van der Waals surface area contributed by atoms with Crippen LogP contribution in [0.5, 0.6) is 10.9 Å². The number of rotatable bonds is 8. The van der Waals surface area contributed by atoms with Gasteiger partial charge in [-0.1, -0.05) is 29.0 Å². The number of aromatic nitrogens is 1. The Morgan fingerprint density at radius 2 is 1.78 bits per heavy atom. The summed E-state index contributed by atoms with van der Waals surface area (Å²) in [7, 11) is -4.01. The molecule has 9 heteroatoms. The Morgan fingerprint density at radius 3 is 2.38 bits per heavy atom. The Labute approximate surface area is 193 Å². The van der Waals surface area contributed by atoms with Crippen molar-refractivity contribution in [2.24, 2.45) is 0 Å². The maximum Gasteiger partial charge on any atom is 0.297 e. The molecule has 0 unspecified atom stereocenters. The second-order valence-electron chi connectivity index (χ2n) is 8.79. The quantitative estimate of drug-likeness (QED) is 0.454. The summed E-state index contributed by atoms with van der Waals surface area (Å²) in [6, 6.07) is 9.81. The van der Waals surface area contributed by atoms with Gasteiger partial charge in [-0.2, -0.15) is 8.42 Å². The molecule has 0 fully saturated rings. The molecule has 2 aromatic carbocycles. The Morgan fingerprint density at radius 1 is 1.12 bits per heavy atom. The molecule has 0 bridgehead atoms. The van der Waals surface area contributed by atoms with E-state index in [-0.39, 0.29) is 11.0 Å². The molecule has 0 aliphatic carbocycles.